The summed E-state index contributed by atoms with van der Waals surface area (Å²) in [4.78, 5) is 59.5. The van der Waals surface area contributed by atoms with E-state index in [0.717, 1.165) is 55.7 Å². The Morgan fingerprint density at radius 1 is 0.957 bits per heavy atom. The molecule has 11 nitrogen and oxygen atoms in total. The Bertz CT molecular complexity index is 1360. The highest BCUT2D eigenvalue weighted by Gasteiger charge is 2.44. The van der Waals surface area contributed by atoms with Crippen molar-refractivity contribution in [2.45, 2.75) is 76.4 Å². The molecule has 2 aromatic rings. The van der Waals surface area contributed by atoms with E-state index in [0.29, 0.717) is 32.4 Å². The summed E-state index contributed by atoms with van der Waals surface area (Å²) in [5.74, 6) is -6.43. The highest BCUT2D eigenvalue weighted by molar-refractivity contribution is 5.91. The number of pyridine rings is 1. The molecule has 1 aliphatic carbocycles. The van der Waals surface area contributed by atoms with Crippen LogP contribution >= 0.6 is 0 Å². The van der Waals surface area contributed by atoms with E-state index in [1.54, 1.807) is 11.8 Å². The third kappa shape index (κ3) is 9.69. The van der Waals surface area contributed by atoms with Crippen LogP contribution in [0, 0.1) is 5.92 Å². The largest absolute Gasteiger partial charge is 0.481 e. The molecule has 2 atom stereocenters. The molecular weight excluding hydrogens is 610 g/mol. The number of benzene rings is 1. The number of amides is 4. The molecule has 0 spiro atoms. The van der Waals surface area contributed by atoms with Crippen LogP contribution in [-0.2, 0) is 38.1 Å². The number of carbonyl (C=O) groups excluding carboxylic acids is 4. The third-order valence-electron chi connectivity index (χ3n) is 8.98. The highest BCUT2D eigenvalue weighted by atomic mass is 19.3. The van der Waals surface area contributed by atoms with Crippen molar-refractivity contribution in [3.63, 3.8) is 0 Å². The summed E-state index contributed by atoms with van der Waals surface area (Å²) < 4.78 is 35.2. The number of halogens is 2. The van der Waals surface area contributed by atoms with Gasteiger partial charge in [-0.15, -0.1) is 0 Å². The fourth-order valence-corrected chi connectivity index (χ4v) is 5.99. The van der Waals surface area contributed by atoms with E-state index in [4.69, 9.17) is 4.74 Å². The van der Waals surface area contributed by atoms with E-state index in [1.165, 1.54) is 13.2 Å². The number of hydrogen-bond acceptors (Lipinski definition) is 7. The Morgan fingerprint density at radius 3 is 2.21 bits per heavy atom. The van der Waals surface area contributed by atoms with E-state index < -0.39 is 35.4 Å². The lowest BCUT2D eigenvalue weighted by molar-refractivity contribution is -0.150. The second kappa shape index (κ2) is 16.6. The number of alkyl halides is 2. The van der Waals surface area contributed by atoms with Crippen LogP contribution in [0.3, 0.4) is 0 Å². The van der Waals surface area contributed by atoms with Gasteiger partial charge in [-0.2, -0.15) is 8.78 Å². The Morgan fingerprint density at radius 2 is 1.62 bits per heavy atom. The van der Waals surface area contributed by atoms with E-state index in [9.17, 15) is 19.2 Å². The SMILES string of the molecule is CCC(=O)N[C@H](Cc1ccc(CNC(=O)C(NC(=O)C(F)(F)c2ccc(OC)nc2)C2CCCCC2)cc1)C(=O)N1CCN(C)CC1. The Kier molecular flexibility index (Phi) is 12.6. The summed E-state index contributed by atoms with van der Waals surface area (Å²) in [5.41, 5.74) is 0.997. The van der Waals surface area contributed by atoms with Crippen molar-refractivity contribution in [2.75, 3.05) is 40.3 Å². The van der Waals surface area contributed by atoms with Gasteiger partial charge in [0.05, 0.1) is 7.11 Å². The number of nitrogens with zero attached hydrogens (tertiary/aromatic N) is 3. The van der Waals surface area contributed by atoms with E-state index in [1.807, 2.05) is 31.3 Å². The lowest BCUT2D eigenvalue weighted by Gasteiger charge is -2.34. The summed E-state index contributed by atoms with van der Waals surface area (Å²) >= 11 is 0. The molecule has 1 aromatic heterocycles. The molecule has 4 amide bonds. The summed E-state index contributed by atoms with van der Waals surface area (Å²) in [5, 5.41) is 8.03. The lowest BCUT2D eigenvalue weighted by Crippen LogP contribution is -2.54. The average molecular weight is 657 g/mol. The number of aromatic nitrogens is 1. The van der Waals surface area contributed by atoms with Crippen molar-refractivity contribution in [1.29, 1.82) is 0 Å². The van der Waals surface area contributed by atoms with Crippen LogP contribution in [0.25, 0.3) is 0 Å². The van der Waals surface area contributed by atoms with Crippen molar-refractivity contribution in [2.24, 2.45) is 5.92 Å². The number of rotatable bonds is 13. The Balaban J connectivity index is 1.39. The minimum absolute atomic E-state index is 0.110. The van der Waals surface area contributed by atoms with Gasteiger partial charge in [-0.05, 0) is 43.0 Å². The topological polar surface area (TPSA) is 133 Å². The monoisotopic (exact) mass is 656 g/mol. The molecule has 1 unspecified atom stereocenters. The van der Waals surface area contributed by atoms with E-state index >= 15 is 8.78 Å². The van der Waals surface area contributed by atoms with Gasteiger partial charge >= 0.3 is 5.92 Å². The standard InChI is InChI=1S/C34H46F2N6O5/c1-4-28(43)39-27(32(45)42-18-16-41(2)17-19-42)20-23-10-12-24(13-11-23)21-38-31(44)30(25-8-6-5-7-9-25)40-33(46)34(35,36)26-14-15-29(47-3)37-22-26/h10-15,22,25,27,30H,4-9,16-21H2,1-3H3,(H,38,44)(H,39,43)(H,40,46)/t27-,30?/m1/s1. The summed E-state index contributed by atoms with van der Waals surface area (Å²) in [7, 11) is 3.37. The van der Waals surface area contributed by atoms with Gasteiger partial charge < -0.3 is 30.5 Å². The van der Waals surface area contributed by atoms with Crippen molar-refractivity contribution in [3.05, 3.63) is 59.3 Å². The number of likely N-dealkylation sites (N-methyl/N-ethyl adjacent to an activating group) is 1. The summed E-state index contributed by atoms with van der Waals surface area (Å²) in [6.45, 7) is 4.61. The average Bonchev–Trinajstić information content (AvgIpc) is 3.10. The van der Waals surface area contributed by atoms with Crippen LogP contribution in [0.4, 0.5) is 8.78 Å². The molecule has 0 radical (unpaired) electrons. The molecule has 13 heteroatoms. The second-order valence-electron chi connectivity index (χ2n) is 12.4. The van der Waals surface area contributed by atoms with Gasteiger partial charge in [-0.1, -0.05) is 50.5 Å². The first-order valence-electron chi connectivity index (χ1n) is 16.3. The minimum Gasteiger partial charge on any atom is -0.481 e. The highest BCUT2D eigenvalue weighted by Crippen LogP contribution is 2.31. The normalized spacial score (nSPS) is 17.3. The number of methoxy groups -OCH3 is 1. The van der Waals surface area contributed by atoms with E-state index in [2.05, 4.69) is 25.8 Å². The number of ether oxygens (including phenoxy) is 1. The number of nitrogens with one attached hydrogen (secondary N) is 3. The van der Waals surface area contributed by atoms with Gasteiger partial charge in [0, 0.05) is 63.4 Å². The fraction of sp³-hybridized carbons (Fsp3) is 0.559. The molecule has 3 N–H and O–H groups in total. The van der Waals surface area contributed by atoms with Crippen LogP contribution < -0.4 is 20.7 Å². The molecule has 1 aliphatic heterocycles. The number of piperazine rings is 1. The summed E-state index contributed by atoms with van der Waals surface area (Å²) in [6.07, 6.45) is 5.45. The van der Waals surface area contributed by atoms with Crippen LogP contribution in [0.1, 0.15) is 62.1 Å². The molecular formula is C34H46F2N6O5. The number of carbonyl (C=O) groups is 4. The summed E-state index contributed by atoms with van der Waals surface area (Å²) in [6, 6.07) is 7.82. The predicted molar refractivity (Wildman–Crippen MR) is 171 cm³/mol. The zero-order chi connectivity index (χ0) is 34.0. The number of hydrogen-bond donors (Lipinski definition) is 3. The van der Waals surface area contributed by atoms with E-state index in [-0.39, 0.29) is 36.6 Å². The van der Waals surface area contributed by atoms with Gasteiger partial charge in [0.25, 0.3) is 5.91 Å². The maximum Gasteiger partial charge on any atom is 0.351 e. The van der Waals surface area contributed by atoms with Gasteiger partial charge in [-0.3, -0.25) is 19.2 Å². The van der Waals surface area contributed by atoms with Crippen LogP contribution in [0.2, 0.25) is 0 Å². The molecule has 0 bridgehead atoms. The van der Waals surface area contributed by atoms with Crippen molar-refractivity contribution in [1.82, 2.24) is 30.7 Å². The van der Waals surface area contributed by atoms with Crippen molar-refractivity contribution < 1.29 is 32.7 Å². The molecule has 1 saturated carbocycles. The predicted octanol–water partition coefficient (Wildman–Crippen LogP) is 2.77. The van der Waals surface area contributed by atoms with Gasteiger partial charge in [0.1, 0.15) is 12.1 Å². The fourth-order valence-electron chi connectivity index (χ4n) is 5.99. The van der Waals surface area contributed by atoms with Crippen LogP contribution in [0.15, 0.2) is 42.6 Å². The molecule has 256 valence electrons. The molecule has 1 aromatic carbocycles. The molecule has 4 rings (SSSR count). The first-order valence-corrected chi connectivity index (χ1v) is 16.3. The maximum atomic E-state index is 15.1. The zero-order valence-electron chi connectivity index (χ0n) is 27.4. The Labute approximate surface area is 274 Å². The van der Waals surface area contributed by atoms with Gasteiger partial charge in [-0.25, -0.2) is 4.98 Å². The smallest absolute Gasteiger partial charge is 0.351 e. The third-order valence-corrected chi connectivity index (χ3v) is 8.98. The zero-order valence-corrected chi connectivity index (χ0v) is 27.4. The maximum absolute atomic E-state index is 15.1. The van der Waals surface area contributed by atoms with Gasteiger partial charge in [0.15, 0.2) is 0 Å². The quantitative estimate of drug-likeness (QED) is 0.302. The minimum atomic E-state index is -3.90. The van der Waals surface area contributed by atoms with Crippen LogP contribution in [-0.4, -0.2) is 90.8 Å². The molecule has 1 saturated heterocycles. The molecule has 2 heterocycles. The lowest BCUT2D eigenvalue weighted by atomic mass is 9.83. The van der Waals surface area contributed by atoms with Gasteiger partial charge in [0.2, 0.25) is 23.6 Å². The van der Waals surface area contributed by atoms with Crippen LogP contribution in [0.5, 0.6) is 5.88 Å². The first-order chi connectivity index (χ1) is 22.5. The first kappa shape index (κ1) is 35.7. The second-order valence-corrected chi connectivity index (χ2v) is 12.4. The Hall–Kier alpha value is -4.13. The van der Waals surface area contributed by atoms with Crippen molar-refractivity contribution >= 4 is 23.6 Å². The molecule has 47 heavy (non-hydrogen) atoms. The molecule has 2 aliphatic rings. The van der Waals surface area contributed by atoms with Crippen molar-refractivity contribution in [3.8, 4) is 5.88 Å². The molecule has 2 fully saturated rings.